The van der Waals surface area contributed by atoms with Crippen molar-refractivity contribution in [2.24, 2.45) is 0 Å². The summed E-state index contributed by atoms with van der Waals surface area (Å²) in [4.78, 5) is 25.4. The molecular weight excluding hydrogens is 368 g/mol. The van der Waals surface area contributed by atoms with Gasteiger partial charge in [0.1, 0.15) is 22.8 Å². The minimum absolute atomic E-state index is 0.117. The summed E-state index contributed by atoms with van der Waals surface area (Å²) in [7, 11) is 1.62. The van der Waals surface area contributed by atoms with Crippen molar-refractivity contribution in [3.05, 3.63) is 53.1 Å². The maximum absolute atomic E-state index is 13.1. The lowest BCUT2D eigenvalue weighted by Crippen LogP contribution is -2.44. The zero-order valence-electron chi connectivity index (χ0n) is 16.5. The van der Waals surface area contributed by atoms with Crippen LogP contribution in [-0.4, -0.2) is 24.5 Å². The SMILES string of the molecule is COc1ccccc1[C@@H]1CC(=O)Oc2ccc3c(c21)OC1(CCCCC1)CC3=O. The van der Waals surface area contributed by atoms with E-state index >= 15 is 0 Å². The molecule has 0 aromatic heterocycles. The van der Waals surface area contributed by atoms with Crippen molar-refractivity contribution in [1.82, 2.24) is 0 Å². The maximum atomic E-state index is 13.1. The standard InChI is InChI=1S/C24H24O5/c1-27-19-8-4-3-7-15(19)17-13-21(26)28-20-10-9-16-18(25)14-24(11-5-2-6-12-24)29-23(16)22(17)20/h3-4,7-10,17H,2,5-6,11-14H2,1H3/t17-/m0/s1. The average Bonchev–Trinajstić information content (AvgIpc) is 2.73. The third-order valence-electron chi connectivity index (χ3n) is 6.48. The maximum Gasteiger partial charge on any atom is 0.312 e. The number of carbonyl (C=O) groups is 2. The van der Waals surface area contributed by atoms with Crippen molar-refractivity contribution in [1.29, 1.82) is 0 Å². The van der Waals surface area contributed by atoms with Crippen LogP contribution in [0, 0.1) is 0 Å². The number of para-hydroxylation sites is 1. The Morgan fingerprint density at radius 3 is 2.62 bits per heavy atom. The summed E-state index contributed by atoms with van der Waals surface area (Å²) >= 11 is 0. The number of hydrogen-bond acceptors (Lipinski definition) is 5. The number of rotatable bonds is 2. The van der Waals surface area contributed by atoms with E-state index in [0.29, 0.717) is 29.2 Å². The van der Waals surface area contributed by atoms with Crippen LogP contribution in [-0.2, 0) is 4.79 Å². The fraction of sp³-hybridized carbons (Fsp3) is 0.417. The lowest BCUT2D eigenvalue weighted by Gasteiger charge is -2.42. The summed E-state index contributed by atoms with van der Waals surface area (Å²) in [6.07, 6.45) is 5.72. The van der Waals surface area contributed by atoms with Gasteiger partial charge in [-0.05, 0) is 43.9 Å². The molecular formula is C24H24O5. The summed E-state index contributed by atoms with van der Waals surface area (Å²) in [5, 5.41) is 0. The van der Waals surface area contributed by atoms with Gasteiger partial charge in [0.05, 0.1) is 25.5 Å². The van der Waals surface area contributed by atoms with E-state index in [4.69, 9.17) is 14.2 Å². The lowest BCUT2D eigenvalue weighted by molar-refractivity contribution is -0.135. The molecule has 1 atom stereocenters. The monoisotopic (exact) mass is 392 g/mol. The van der Waals surface area contributed by atoms with Crippen molar-refractivity contribution >= 4 is 11.8 Å². The number of fused-ring (bicyclic) bond motifs is 3. The van der Waals surface area contributed by atoms with Gasteiger partial charge in [-0.2, -0.15) is 0 Å². The molecule has 3 aliphatic rings. The van der Waals surface area contributed by atoms with E-state index in [2.05, 4.69) is 0 Å². The zero-order chi connectivity index (χ0) is 20.0. The third-order valence-corrected chi connectivity index (χ3v) is 6.48. The summed E-state index contributed by atoms with van der Waals surface area (Å²) in [5.41, 5.74) is 1.87. The van der Waals surface area contributed by atoms with E-state index in [-0.39, 0.29) is 24.1 Å². The van der Waals surface area contributed by atoms with Gasteiger partial charge in [0.25, 0.3) is 0 Å². The lowest BCUT2D eigenvalue weighted by atomic mass is 9.76. The molecule has 29 heavy (non-hydrogen) atoms. The van der Waals surface area contributed by atoms with Gasteiger partial charge >= 0.3 is 5.97 Å². The molecule has 0 amide bonds. The van der Waals surface area contributed by atoms with Crippen LogP contribution >= 0.6 is 0 Å². The summed E-state index contributed by atoms with van der Waals surface area (Å²) in [5.74, 6) is 1.35. The molecule has 0 bridgehead atoms. The molecule has 1 fully saturated rings. The highest BCUT2D eigenvalue weighted by Gasteiger charge is 2.45. The fourth-order valence-corrected chi connectivity index (χ4v) is 5.10. The number of benzene rings is 2. The molecule has 0 unspecified atom stereocenters. The first-order valence-electron chi connectivity index (χ1n) is 10.3. The molecule has 5 nitrogen and oxygen atoms in total. The van der Waals surface area contributed by atoms with Crippen LogP contribution in [0.1, 0.15) is 72.3 Å². The Morgan fingerprint density at radius 2 is 1.83 bits per heavy atom. The largest absolute Gasteiger partial charge is 0.496 e. The van der Waals surface area contributed by atoms with E-state index in [1.54, 1.807) is 19.2 Å². The second kappa shape index (κ2) is 6.90. The zero-order valence-corrected chi connectivity index (χ0v) is 16.5. The second-order valence-corrected chi connectivity index (χ2v) is 8.27. The van der Waals surface area contributed by atoms with E-state index in [0.717, 1.165) is 36.8 Å². The number of methoxy groups -OCH3 is 1. The smallest absolute Gasteiger partial charge is 0.312 e. The molecule has 1 aliphatic carbocycles. The van der Waals surface area contributed by atoms with Crippen LogP contribution < -0.4 is 14.2 Å². The van der Waals surface area contributed by atoms with Crippen LogP contribution in [0.2, 0.25) is 0 Å². The Balaban J connectivity index is 1.68. The van der Waals surface area contributed by atoms with Crippen LogP contribution in [0.15, 0.2) is 36.4 Å². The molecule has 2 aromatic rings. The second-order valence-electron chi connectivity index (χ2n) is 8.27. The van der Waals surface area contributed by atoms with Crippen LogP contribution in [0.3, 0.4) is 0 Å². The number of ether oxygens (including phenoxy) is 3. The highest BCUT2D eigenvalue weighted by molar-refractivity contribution is 6.01. The summed E-state index contributed by atoms with van der Waals surface area (Å²) in [6.45, 7) is 0. The van der Waals surface area contributed by atoms with Crippen molar-refractivity contribution in [3.8, 4) is 17.2 Å². The Morgan fingerprint density at radius 1 is 1.03 bits per heavy atom. The predicted molar refractivity (Wildman–Crippen MR) is 107 cm³/mol. The molecule has 2 aliphatic heterocycles. The van der Waals surface area contributed by atoms with E-state index < -0.39 is 5.60 Å². The summed E-state index contributed by atoms with van der Waals surface area (Å²) in [6, 6.07) is 11.2. The molecule has 5 heteroatoms. The van der Waals surface area contributed by atoms with Gasteiger partial charge in [0.15, 0.2) is 5.78 Å². The Labute approximate surface area is 170 Å². The number of Topliss-reactive ketones (excluding diaryl/α,β-unsaturated/α-hetero) is 1. The number of hydrogen-bond donors (Lipinski definition) is 0. The van der Waals surface area contributed by atoms with Crippen LogP contribution in [0.4, 0.5) is 0 Å². The fourth-order valence-electron chi connectivity index (χ4n) is 5.10. The van der Waals surface area contributed by atoms with Gasteiger partial charge in [0.2, 0.25) is 0 Å². The average molecular weight is 392 g/mol. The summed E-state index contributed by atoms with van der Waals surface area (Å²) < 4.78 is 17.8. The molecule has 5 rings (SSSR count). The molecule has 1 spiro atoms. The highest BCUT2D eigenvalue weighted by Crippen LogP contribution is 2.52. The normalized spacial score (nSPS) is 22.3. The minimum atomic E-state index is -0.426. The van der Waals surface area contributed by atoms with Crippen molar-refractivity contribution in [2.45, 2.75) is 56.5 Å². The number of ketones is 1. The van der Waals surface area contributed by atoms with Gasteiger partial charge in [-0.3, -0.25) is 9.59 Å². The van der Waals surface area contributed by atoms with E-state index in [1.165, 1.54) is 6.42 Å². The van der Waals surface area contributed by atoms with Crippen molar-refractivity contribution in [2.75, 3.05) is 7.11 Å². The first-order valence-corrected chi connectivity index (χ1v) is 10.3. The Kier molecular flexibility index (Phi) is 4.34. The third kappa shape index (κ3) is 3.00. The van der Waals surface area contributed by atoms with Gasteiger partial charge in [-0.15, -0.1) is 0 Å². The Bertz CT molecular complexity index is 987. The molecule has 0 saturated heterocycles. The van der Waals surface area contributed by atoms with Crippen molar-refractivity contribution < 1.29 is 23.8 Å². The minimum Gasteiger partial charge on any atom is -0.496 e. The first kappa shape index (κ1) is 18.2. The van der Waals surface area contributed by atoms with E-state index in [9.17, 15) is 9.59 Å². The van der Waals surface area contributed by atoms with Gasteiger partial charge in [-0.1, -0.05) is 24.6 Å². The molecule has 1 saturated carbocycles. The van der Waals surface area contributed by atoms with Gasteiger partial charge in [-0.25, -0.2) is 0 Å². The molecule has 2 heterocycles. The van der Waals surface area contributed by atoms with E-state index in [1.807, 2.05) is 24.3 Å². The molecule has 0 N–H and O–H groups in total. The topological polar surface area (TPSA) is 61.8 Å². The molecule has 150 valence electrons. The van der Waals surface area contributed by atoms with Gasteiger partial charge < -0.3 is 14.2 Å². The first-order chi connectivity index (χ1) is 14.1. The predicted octanol–water partition coefficient (Wildman–Crippen LogP) is 4.80. The number of esters is 1. The quantitative estimate of drug-likeness (QED) is 0.542. The van der Waals surface area contributed by atoms with Crippen LogP contribution in [0.5, 0.6) is 17.2 Å². The highest BCUT2D eigenvalue weighted by atomic mass is 16.5. The van der Waals surface area contributed by atoms with Gasteiger partial charge in [0, 0.05) is 17.0 Å². The number of carbonyl (C=O) groups excluding carboxylic acids is 2. The molecule has 2 aromatic carbocycles. The molecule has 0 radical (unpaired) electrons. The van der Waals surface area contributed by atoms with Crippen LogP contribution in [0.25, 0.3) is 0 Å². The van der Waals surface area contributed by atoms with Crippen molar-refractivity contribution in [3.63, 3.8) is 0 Å². The Hall–Kier alpha value is -2.82.